The van der Waals surface area contributed by atoms with E-state index in [4.69, 9.17) is 10.5 Å². The average molecular weight is 560 g/mol. The number of amides is 1. The van der Waals surface area contributed by atoms with Gasteiger partial charge in [0, 0.05) is 37.3 Å². The van der Waals surface area contributed by atoms with Crippen molar-refractivity contribution < 1.29 is 13.9 Å². The summed E-state index contributed by atoms with van der Waals surface area (Å²) in [5.41, 5.74) is 9.47. The summed E-state index contributed by atoms with van der Waals surface area (Å²) in [4.78, 5) is 19.7. The minimum absolute atomic E-state index is 0.0120. The zero-order valence-electron chi connectivity index (χ0n) is 24.1. The summed E-state index contributed by atoms with van der Waals surface area (Å²) >= 11 is 0. The Morgan fingerprint density at radius 3 is 2.51 bits per heavy atom. The van der Waals surface area contributed by atoms with Gasteiger partial charge in [-0.25, -0.2) is 9.37 Å². The summed E-state index contributed by atoms with van der Waals surface area (Å²) in [6, 6.07) is 18.7. The molecule has 1 amide bonds. The fourth-order valence-electron chi connectivity index (χ4n) is 6.08. The van der Waals surface area contributed by atoms with Crippen molar-refractivity contribution in [3.8, 4) is 22.8 Å². The number of hydrogen-bond acceptors (Lipinski definition) is 6. The average Bonchev–Trinajstić information content (AvgIpc) is 2.95. The van der Waals surface area contributed by atoms with Crippen LogP contribution in [0, 0.1) is 5.82 Å². The number of benzene rings is 2. The highest BCUT2D eigenvalue weighted by Gasteiger charge is 2.24. The first kappa shape index (κ1) is 29.2. The van der Waals surface area contributed by atoms with E-state index in [0.717, 1.165) is 75.5 Å². The monoisotopic (exact) mass is 559 g/mol. The van der Waals surface area contributed by atoms with Crippen LogP contribution in [0.25, 0.3) is 11.1 Å². The third-order valence-electron chi connectivity index (χ3n) is 8.05. The number of aryl methyl sites for hydroxylation is 1. The second-order valence-corrected chi connectivity index (χ2v) is 11.8. The lowest BCUT2D eigenvalue weighted by Gasteiger charge is -2.36. The number of halogens is 1. The summed E-state index contributed by atoms with van der Waals surface area (Å²) in [5, 5.41) is 6.60. The highest BCUT2D eigenvalue weighted by atomic mass is 19.1. The van der Waals surface area contributed by atoms with E-state index >= 15 is 0 Å². The van der Waals surface area contributed by atoms with Gasteiger partial charge in [0.2, 0.25) is 5.88 Å². The maximum atomic E-state index is 14.1. The van der Waals surface area contributed by atoms with E-state index in [-0.39, 0.29) is 29.4 Å². The molecule has 1 saturated carbocycles. The summed E-state index contributed by atoms with van der Waals surface area (Å²) in [7, 11) is 0. The number of aromatic nitrogens is 1. The van der Waals surface area contributed by atoms with Crippen molar-refractivity contribution in [3.63, 3.8) is 0 Å². The van der Waals surface area contributed by atoms with Crippen LogP contribution in [0.4, 0.5) is 4.39 Å². The van der Waals surface area contributed by atoms with Crippen molar-refractivity contribution in [1.29, 1.82) is 0 Å². The highest BCUT2D eigenvalue weighted by Crippen LogP contribution is 2.29. The number of pyridine rings is 1. The molecule has 5 rings (SSSR count). The molecule has 2 fully saturated rings. The Balaban J connectivity index is 1.24. The topological polar surface area (TPSA) is 92.5 Å². The largest absolute Gasteiger partial charge is 0.438 e. The van der Waals surface area contributed by atoms with Crippen LogP contribution in [0.1, 0.15) is 61.9 Å². The van der Waals surface area contributed by atoms with E-state index in [1.807, 2.05) is 24.3 Å². The van der Waals surface area contributed by atoms with Crippen molar-refractivity contribution in [2.75, 3.05) is 19.6 Å². The van der Waals surface area contributed by atoms with Crippen LogP contribution in [0.2, 0.25) is 0 Å². The molecule has 8 heteroatoms. The summed E-state index contributed by atoms with van der Waals surface area (Å²) in [6.07, 6.45) is 6.53. The Hall–Kier alpha value is -3.33. The van der Waals surface area contributed by atoms with E-state index < -0.39 is 5.82 Å². The first-order chi connectivity index (χ1) is 19.8. The van der Waals surface area contributed by atoms with Crippen molar-refractivity contribution in [3.05, 3.63) is 77.7 Å². The number of ether oxygens (including phenoxy) is 1. The molecule has 1 saturated heterocycles. The molecule has 2 heterocycles. The second kappa shape index (κ2) is 13.6. The van der Waals surface area contributed by atoms with E-state index in [1.165, 1.54) is 11.6 Å². The van der Waals surface area contributed by atoms with Crippen molar-refractivity contribution >= 4 is 5.91 Å². The van der Waals surface area contributed by atoms with Crippen molar-refractivity contribution in [2.45, 2.75) is 76.5 Å². The van der Waals surface area contributed by atoms with Gasteiger partial charge in [-0.15, -0.1) is 0 Å². The highest BCUT2D eigenvalue weighted by molar-refractivity contribution is 5.96. The van der Waals surface area contributed by atoms with Gasteiger partial charge in [-0.3, -0.25) is 4.79 Å². The van der Waals surface area contributed by atoms with Gasteiger partial charge in [-0.05, 0) is 93.8 Å². The minimum atomic E-state index is -0.584. The van der Waals surface area contributed by atoms with Gasteiger partial charge in [0.15, 0.2) is 0 Å². The Labute approximate surface area is 242 Å². The molecule has 218 valence electrons. The molecule has 2 atom stereocenters. The summed E-state index contributed by atoms with van der Waals surface area (Å²) in [5.74, 6) is -0.355. The fraction of sp³-hybridized carbons (Fsp3) is 0.455. The Bertz CT molecular complexity index is 1320. The van der Waals surface area contributed by atoms with Crippen LogP contribution in [0.15, 0.2) is 60.8 Å². The van der Waals surface area contributed by atoms with E-state index in [9.17, 15) is 9.18 Å². The zero-order valence-corrected chi connectivity index (χ0v) is 24.1. The van der Waals surface area contributed by atoms with Gasteiger partial charge in [0.1, 0.15) is 17.1 Å². The van der Waals surface area contributed by atoms with Gasteiger partial charge in [0.05, 0.1) is 6.20 Å². The van der Waals surface area contributed by atoms with Crippen LogP contribution in [0.3, 0.4) is 0 Å². The number of carbonyl (C=O) groups is 1. The van der Waals surface area contributed by atoms with Crippen molar-refractivity contribution in [2.24, 2.45) is 5.73 Å². The van der Waals surface area contributed by atoms with Gasteiger partial charge in [-0.1, -0.05) is 36.4 Å². The minimum Gasteiger partial charge on any atom is -0.438 e. The summed E-state index contributed by atoms with van der Waals surface area (Å²) < 4.78 is 20.2. The Morgan fingerprint density at radius 2 is 1.76 bits per heavy atom. The van der Waals surface area contributed by atoms with Gasteiger partial charge in [-0.2, -0.15) is 0 Å². The van der Waals surface area contributed by atoms with Crippen LogP contribution in [-0.2, 0) is 6.42 Å². The molecular weight excluding hydrogens is 517 g/mol. The number of rotatable bonds is 9. The number of hydrogen-bond donors (Lipinski definition) is 3. The molecule has 0 radical (unpaired) electrons. The summed E-state index contributed by atoms with van der Waals surface area (Å²) in [6.45, 7) is 7.79. The van der Waals surface area contributed by atoms with Crippen LogP contribution >= 0.6 is 0 Å². The third-order valence-corrected chi connectivity index (χ3v) is 8.05. The molecule has 2 aromatic carbocycles. The van der Waals surface area contributed by atoms with Gasteiger partial charge >= 0.3 is 0 Å². The quantitative estimate of drug-likeness (QED) is 0.330. The van der Waals surface area contributed by atoms with Crippen molar-refractivity contribution in [1.82, 2.24) is 20.5 Å². The molecular formula is C33H42FN5O2. The molecule has 2 aliphatic rings. The number of nitrogens with one attached hydrogen (secondary N) is 2. The molecule has 0 spiro atoms. The molecule has 1 aliphatic heterocycles. The molecule has 2 unspecified atom stereocenters. The third kappa shape index (κ3) is 8.12. The lowest BCUT2D eigenvalue weighted by atomic mass is 9.91. The fourth-order valence-corrected chi connectivity index (χ4v) is 6.08. The number of nitrogens with zero attached hydrogens (tertiary/aromatic N) is 2. The van der Waals surface area contributed by atoms with E-state index in [1.54, 1.807) is 0 Å². The Morgan fingerprint density at radius 1 is 1.05 bits per heavy atom. The molecule has 7 nitrogen and oxygen atoms in total. The standard InChI is InChI=1S/C33H42FN5O2/c1-22-20-39(21-23(2)37-22)15-5-7-24-6-3-8-25(16-24)26-9-4-10-30(17-26)41-33-31(18-27(34)19-36-33)32(40)38-29-13-11-28(35)12-14-29/h3-4,6,8-10,16-19,22-23,28-29,37H,5,7,11-15,20-21,35H2,1-2H3,(H,38,40). The van der Waals surface area contributed by atoms with Crippen LogP contribution < -0.4 is 21.1 Å². The second-order valence-electron chi connectivity index (χ2n) is 11.8. The van der Waals surface area contributed by atoms with E-state index in [0.29, 0.717) is 17.8 Å². The Kier molecular flexibility index (Phi) is 9.64. The van der Waals surface area contributed by atoms with E-state index in [2.05, 4.69) is 58.6 Å². The lowest BCUT2D eigenvalue weighted by Crippen LogP contribution is -2.54. The normalized spacial score (nSPS) is 23.2. The molecule has 1 aromatic heterocycles. The number of nitrogens with two attached hydrogens (primary N) is 1. The maximum absolute atomic E-state index is 14.1. The molecule has 4 N–H and O–H groups in total. The molecule has 1 aliphatic carbocycles. The smallest absolute Gasteiger partial charge is 0.257 e. The first-order valence-corrected chi connectivity index (χ1v) is 14.9. The predicted octanol–water partition coefficient (Wildman–Crippen LogP) is 5.29. The van der Waals surface area contributed by atoms with Gasteiger partial charge < -0.3 is 26.0 Å². The van der Waals surface area contributed by atoms with Gasteiger partial charge in [0.25, 0.3) is 5.91 Å². The predicted molar refractivity (Wildman–Crippen MR) is 161 cm³/mol. The molecule has 41 heavy (non-hydrogen) atoms. The maximum Gasteiger partial charge on any atom is 0.257 e. The SMILES string of the molecule is CC1CN(CCCc2cccc(-c3cccc(Oc4ncc(F)cc4C(=O)NC4CCC(N)CC4)c3)c2)CC(C)N1. The molecule has 3 aromatic rings. The zero-order chi connectivity index (χ0) is 28.8. The number of carbonyl (C=O) groups excluding carboxylic acids is 1. The van der Waals surface area contributed by atoms with Crippen LogP contribution in [-0.4, -0.2) is 59.6 Å². The lowest BCUT2D eigenvalue weighted by molar-refractivity contribution is 0.0922. The number of piperazine rings is 1. The van der Waals surface area contributed by atoms with Crippen LogP contribution in [0.5, 0.6) is 11.6 Å². The molecule has 0 bridgehead atoms. The first-order valence-electron chi connectivity index (χ1n) is 14.9.